The number of benzene rings is 1. The predicted octanol–water partition coefficient (Wildman–Crippen LogP) is 3.34. The van der Waals surface area contributed by atoms with Crippen LogP contribution in [0.25, 0.3) is 22.2 Å². The molecule has 0 fully saturated rings. The molecule has 0 unspecified atom stereocenters. The van der Waals surface area contributed by atoms with E-state index >= 15 is 0 Å². The molecule has 0 bridgehead atoms. The summed E-state index contributed by atoms with van der Waals surface area (Å²) in [6.45, 7) is 1.84. The summed E-state index contributed by atoms with van der Waals surface area (Å²) in [5, 5.41) is 13.6. The Morgan fingerprint density at radius 3 is 2.82 bits per heavy atom. The van der Waals surface area contributed by atoms with E-state index in [0.717, 1.165) is 33.3 Å². The van der Waals surface area contributed by atoms with Crippen molar-refractivity contribution in [1.29, 1.82) is 0 Å². The van der Waals surface area contributed by atoms with Crippen LogP contribution in [0.3, 0.4) is 0 Å². The van der Waals surface area contributed by atoms with Gasteiger partial charge in [-0.3, -0.25) is 4.79 Å². The number of aliphatic hydroxyl groups is 1. The van der Waals surface area contributed by atoms with Gasteiger partial charge < -0.3 is 20.0 Å². The number of aryl methyl sites for hydroxylation is 2. The first-order valence-electron chi connectivity index (χ1n) is 9.14. The van der Waals surface area contributed by atoms with E-state index in [1.54, 1.807) is 0 Å². The lowest BCUT2D eigenvalue weighted by atomic mass is 10.0. The third-order valence-electron chi connectivity index (χ3n) is 4.99. The Balaban J connectivity index is 1.63. The second kappa shape index (κ2) is 7.32. The Morgan fingerprint density at radius 2 is 2.07 bits per heavy atom. The van der Waals surface area contributed by atoms with Gasteiger partial charge in [-0.05, 0) is 35.7 Å². The molecule has 1 amide bonds. The van der Waals surface area contributed by atoms with E-state index in [1.165, 1.54) is 0 Å². The normalized spacial score (nSPS) is 12.2. The molecular weight excluding hydrogens is 352 g/mol. The van der Waals surface area contributed by atoms with E-state index < -0.39 is 6.04 Å². The summed E-state index contributed by atoms with van der Waals surface area (Å²) in [5.41, 5.74) is 5.24. The Kier molecular flexibility index (Phi) is 4.71. The second-order valence-electron chi connectivity index (χ2n) is 6.90. The fourth-order valence-corrected chi connectivity index (χ4v) is 3.52. The first-order valence-corrected chi connectivity index (χ1v) is 9.14. The molecule has 6 nitrogen and oxygen atoms in total. The quantitative estimate of drug-likeness (QED) is 0.501. The van der Waals surface area contributed by atoms with E-state index in [-0.39, 0.29) is 12.5 Å². The number of aromatic amines is 1. The lowest BCUT2D eigenvalue weighted by Crippen LogP contribution is -2.30. The average molecular weight is 374 g/mol. The van der Waals surface area contributed by atoms with Crippen LogP contribution < -0.4 is 5.32 Å². The lowest BCUT2D eigenvalue weighted by Gasteiger charge is -2.16. The zero-order valence-corrected chi connectivity index (χ0v) is 15.8. The fourth-order valence-electron chi connectivity index (χ4n) is 3.52. The Bertz CT molecular complexity index is 1130. The van der Waals surface area contributed by atoms with Gasteiger partial charge in [-0.2, -0.15) is 0 Å². The summed E-state index contributed by atoms with van der Waals surface area (Å²) in [6, 6.07) is 12.9. The fraction of sp³-hybridized carbons (Fsp3) is 0.182. The maximum Gasteiger partial charge on any atom is 0.268 e. The van der Waals surface area contributed by atoms with Gasteiger partial charge in [-0.15, -0.1) is 0 Å². The number of nitrogens with one attached hydrogen (secondary N) is 2. The molecule has 0 spiro atoms. The number of rotatable bonds is 5. The van der Waals surface area contributed by atoms with Crippen molar-refractivity contribution in [2.75, 3.05) is 6.61 Å². The van der Waals surface area contributed by atoms with Crippen LogP contribution in [0.4, 0.5) is 0 Å². The van der Waals surface area contributed by atoms with Gasteiger partial charge in [0.15, 0.2) is 0 Å². The minimum atomic E-state index is -0.455. The third-order valence-corrected chi connectivity index (χ3v) is 4.99. The highest BCUT2D eigenvalue weighted by Crippen LogP contribution is 2.31. The number of H-pyrrole nitrogens is 1. The molecule has 4 rings (SSSR count). The van der Waals surface area contributed by atoms with Gasteiger partial charge in [0.05, 0.1) is 12.6 Å². The maximum absolute atomic E-state index is 12.7. The van der Waals surface area contributed by atoms with Crippen LogP contribution >= 0.6 is 0 Å². The van der Waals surface area contributed by atoms with Gasteiger partial charge in [0.25, 0.3) is 5.91 Å². The molecule has 1 atom stereocenters. The number of hydrogen-bond acceptors (Lipinski definition) is 3. The van der Waals surface area contributed by atoms with Crippen LogP contribution in [0.5, 0.6) is 0 Å². The van der Waals surface area contributed by atoms with Crippen molar-refractivity contribution < 1.29 is 9.90 Å². The minimum Gasteiger partial charge on any atom is -0.394 e. The zero-order chi connectivity index (χ0) is 19.7. The molecule has 4 aromatic rings. The molecule has 0 aliphatic carbocycles. The van der Waals surface area contributed by atoms with Gasteiger partial charge in [-0.1, -0.05) is 30.3 Å². The van der Waals surface area contributed by atoms with Crippen molar-refractivity contribution in [2.45, 2.75) is 13.0 Å². The van der Waals surface area contributed by atoms with Crippen molar-refractivity contribution >= 4 is 16.9 Å². The monoisotopic (exact) mass is 374 g/mol. The van der Waals surface area contributed by atoms with E-state index in [0.29, 0.717) is 5.69 Å². The summed E-state index contributed by atoms with van der Waals surface area (Å²) in [7, 11) is 1.96. The SMILES string of the molecule is Cc1cnc2c(ccn2C)c1-c1c[nH]c(C(=O)N[C@H](CO)c2ccccc2)c1. The molecule has 28 heavy (non-hydrogen) atoms. The summed E-state index contributed by atoms with van der Waals surface area (Å²) in [6.07, 6.45) is 5.66. The zero-order valence-electron chi connectivity index (χ0n) is 15.8. The van der Waals surface area contributed by atoms with Gasteiger partial charge >= 0.3 is 0 Å². The molecule has 3 aromatic heterocycles. The van der Waals surface area contributed by atoms with Crippen LogP contribution in [0, 0.1) is 6.92 Å². The number of aromatic nitrogens is 3. The molecule has 1 aromatic carbocycles. The van der Waals surface area contributed by atoms with Crippen molar-refractivity contribution in [3.05, 3.63) is 77.9 Å². The van der Waals surface area contributed by atoms with E-state index in [1.807, 2.05) is 79.6 Å². The van der Waals surface area contributed by atoms with E-state index in [4.69, 9.17) is 0 Å². The van der Waals surface area contributed by atoms with E-state index in [2.05, 4.69) is 15.3 Å². The van der Waals surface area contributed by atoms with Crippen LogP contribution in [0.1, 0.15) is 27.7 Å². The number of fused-ring (bicyclic) bond motifs is 1. The standard InChI is InChI=1S/C22H22N4O2/c1-14-11-24-21-17(8-9-26(21)2)20(14)16-10-18(23-12-16)22(28)25-19(13-27)15-6-4-3-5-7-15/h3-12,19,23,27H,13H2,1-2H3,(H,25,28)/t19-/m1/s1. The largest absolute Gasteiger partial charge is 0.394 e. The van der Waals surface area contributed by atoms with Gasteiger partial charge in [-0.25, -0.2) is 4.98 Å². The number of pyridine rings is 1. The summed E-state index contributed by atoms with van der Waals surface area (Å²) in [4.78, 5) is 20.3. The van der Waals surface area contributed by atoms with Crippen LogP contribution in [-0.4, -0.2) is 32.2 Å². The molecule has 3 heterocycles. The first-order chi connectivity index (χ1) is 13.6. The topological polar surface area (TPSA) is 82.9 Å². The highest BCUT2D eigenvalue weighted by atomic mass is 16.3. The molecule has 0 saturated carbocycles. The molecule has 3 N–H and O–H groups in total. The number of hydrogen-bond donors (Lipinski definition) is 3. The van der Waals surface area contributed by atoms with Crippen molar-refractivity contribution in [3.8, 4) is 11.1 Å². The highest BCUT2D eigenvalue weighted by molar-refractivity contribution is 5.98. The predicted molar refractivity (Wildman–Crippen MR) is 109 cm³/mol. The van der Waals surface area contributed by atoms with Crippen LogP contribution in [-0.2, 0) is 7.05 Å². The smallest absolute Gasteiger partial charge is 0.268 e. The number of nitrogens with zero attached hydrogens (tertiary/aromatic N) is 2. The number of aliphatic hydroxyl groups excluding tert-OH is 1. The summed E-state index contributed by atoms with van der Waals surface area (Å²) < 4.78 is 1.98. The summed E-state index contributed by atoms with van der Waals surface area (Å²) in [5.74, 6) is -0.259. The van der Waals surface area contributed by atoms with Gasteiger partial charge in [0, 0.05) is 36.6 Å². The minimum absolute atomic E-state index is 0.169. The molecule has 142 valence electrons. The lowest BCUT2D eigenvalue weighted by molar-refractivity contribution is 0.0912. The Hall–Kier alpha value is -3.38. The maximum atomic E-state index is 12.7. The third kappa shape index (κ3) is 3.18. The molecule has 0 aliphatic rings. The summed E-state index contributed by atoms with van der Waals surface area (Å²) >= 11 is 0. The molecule has 6 heteroatoms. The molecule has 0 aliphatic heterocycles. The molecular formula is C22H22N4O2. The van der Waals surface area contributed by atoms with E-state index in [9.17, 15) is 9.90 Å². The first kappa shape index (κ1) is 18.0. The molecule has 0 radical (unpaired) electrons. The Morgan fingerprint density at radius 1 is 1.29 bits per heavy atom. The number of carbonyl (C=O) groups excluding carboxylic acids is 1. The van der Waals surface area contributed by atoms with Crippen molar-refractivity contribution in [1.82, 2.24) is 19.9 Å². The van der Waals surface area contributed by atoms with Gasteiger partial charge in [0.2, 0.25) is 0 Å². The van der Waals surface area contributed by atoms with Crippen LogP contribution in [0.2, 0.25) is 0 Å². The second-order valence-corrected chi connectivity index (χ2v) is 6.90. The molecule has 0 saturated heterocycles. The number of amides is 1. The number of carbonyl (C=O) groups is 1. The van der Waals surface area contributed by atoms with Crippen molar-refractivity contribution in [3.63, 3.8) is 0 Å². The highest BCUT2D eigenvalue weighted by Gasteiger charge is 2.18. The average Bonchev–Trinajstić information content (AvgIpc) is 3.34. The van der Waals surface area contributed by atoms with Gasteiger partial charge in [0.1, 0.15) is 11.3 Å². The van der Waals surface area contributed by atoms with Crippen molar-refractivity contribution in [2.24, 2.45) is 7.05 Å². The van der Waals surface area contributed by atoms with Crippen LogP contribution in [0.15, 0.2) is 61.1 Å². The Labute approximate surface area is 162 Å².